The lowest BCUT2D eigenvalue weighted by Gasteiger charge is -2.31. The predicted octanol–water partition coefficient (Wildman–Crippen LogP) is 3.05. The van der Waals surface area contributed by atoms with Crippen LogP contribution in [-0.4, -0.2) is 73.6 Å². The van der Waals surface area contributed by atoms with Gasteiger partial charge in [-0.25, -0.2) is 9.97 Å². The van der Waals surface area contributed by atoms with E-state index in [4.69, 9.17) is 9.47 Å². The number of nitrogens with one attached hydrogen (secondary N) is 1. The molecular formula is C21H27F3N6O2. The fourth-order valence-corrected chi connectivity index (χ4v) is 3.69. The van der Waals surface area contributed by atoms with Gasteiger partial charge in [-0.05, 0) is 19.9 Å². The number of morpholine rings is 2. The molecule has 0 aliphatic carbocycles. The average Bonchev–Trinajstić information content (AvgIpc) is 2.79. The van der Waals surface area contributed by atoms with Crippen LogP contribution in [0.1, 0.15) is 19.4 Å². The van der Waals surface area contributed by atoms with Gasteiger partial charge < -0.3 is 24.6 Å². The summed E-state index contributed by atoms with van der Waals surface area (Å²) in [5.74, 6) is 1.15. The molecule has 8 nitrogen and oxygen atoms in total. The maximum atomic E-state index is 14.0. The molecule has 2 aliphatic rings. The van der Waals surface area contributed by atoms with Crippen LogP contribution in [-0.2, 0) is 15.7 Å². The molecule has 2 aromatic heterocycles. The molecule has 0 unspecified atom stereocenters. The zero-order valence-corrected chi connectivity index (χ0v) is 18.2. The first-order valence-corrected chi connectivity index (χ1v) is 10.7. The normalized spacial score (nSPS) is 17.7. The van der Waals surface area contributed by atoms with E-state index in [1.165, 1.54) is 6.20 Å². The summed E-state index contributed by atoms with van der Waals surface area (Å²) in [5, 5.41) is 2.93. The van der Waals surface area contributed by atoms with E-state index in [1.54, 1.807) is 6.07 Å². The van der Waals surface area contributed by atoms with Gasteiger partial charge in [0, 0.05) is 50.0 Å². The van der Waals surface area contributed by atoms with Crippen LogP contribution in [0.4, 0.5) is 30.8 Å². The molecule has 0 radical (unpaired) electrons. The molecule has 4 heterocycles. The molecule has 1 N–H and O–H groups in total. The molecule has 2 saturated heterocycles. The first kappa shape index (κ1) is 22.5. The van der Waals surface area contributed by atoms with Gasteiger partial charge in [-0.15, -0.1) is 0 Å². The highest BCUT2D eigenvalue weighted by molar-refractivity contribution is 5.70. The second-order valence-electron chi connectivity index (χ2n) is 8.02. The van der Waals surface area contributed by atoms with Crippen molar-refractivity contribution in [1.29, 1.82) is 0 Å². The second-order valence-corrected chi connectivity index (χ2v) is 8.02. The molecule has 32 heavy (non-hydrogen) atoms. The maximum absolute atomic E-state index is 14.0. The topological polar surface area (TPSA) is 75.6 Å². The number of ether oxygens (including phenoxy) is 2. The number of aromatic nitrogens is 3. The Hall–Kier alpha value is -2.66. The summed E-state index contributed by atoms with van der Waals surface area (Å²) in [4.78, 5) is 17.4. The lowest BCUT2D eigenvalue weighted by molar-refractivity contribution is -0.137. The first-order chi connectivity index (χ1) is 15.3. The van der Waals surface area contributed by atoms with E-state index in [-0.39, 0.29) is 23.1 Å². The smallest absolute Gasteiger partial charge is 0.378 e. The van der Waals surface area contributed by atoms with Crippen LogP contribution in [0.2, 0.25) is 0 Å². The second kappa shape index (κ2) is 9.45. The number of rotatable bonds is 5. The van der Waals surface area contributed by atoms with Crippen molar-refractivity contribution in [2.75, 3.05) is 67.7 Å². The van der Waals surface area contributed by atoms with Crippen molar-refractivity contribution in [3.8, 4) is 11.3 Å². The highest BCUT2D eigenvalue weighted by Gasteiger charge is 2.35. The van der Waals surface area contributed by atoms with Crippen LogP contribution in [0.15, 0.2) is 18.3 Å². The van der Waals surface area contributed by atoms with Gasteiger partial charge in [0.1, 0.15) is 11.6 Å². The minimum atomic E-state index is -4.56. The third kappa shape index (κ3) is 5.21. The number of hydrogen-bond acceptors (Lipinski definition) is 8. The largest absolute Gasteiger partial charge is 0.417 e. The van der Waals surface area contributed by atoms with Gasteiger partial charge in [0.15, 0.2) is 0 Å². The van der Waals surface area contributed by atoms with Crippen LogP contribution in [0.5, 0.6) is 0 Å². The number of hydrogen-bond donors (Lipinski definition) is 1. The van der Waals surface area contributed by atoms with Crippen molar-refractivity contribution in [3.63, 3.8) is 0 Å². The molecule has 0 atom stereocenters. The van der Waals surface area contributed by atoms with E-state index in [2.05, 4.69) is 20.3 Å². The summed E-state index contributed by atoms with van der Waals surface area (Å²) in [5.41, 5.74) is -0.660. The van der Waals surface area contributed by atoms with Gasteiger partial charge in [0.05, 0.1) is 37.7 Å². The predicted molar refractivity (Wildman–Crippen MR) is 115 cm³/mol. The lowest BCUT2D eigenvalue weighted by Crippen LogP contribution is -2.39. The van der Waals surface area contributed by atoms with E-state index in [1.807, 2.05) is 23.6 Å². The standard InChI is InChI=1S/C21H27F3N6O2/c1-14(2)26-18-11-16(21(22,23)24)15(13-25-18)17-12-19(29-3-7-31-8-4-29)28-20(27-17)30-5-9-32-10-6-30/h11-14H,3-10H2,1-2H3,(H,25,26). The third-order valence-corrected chi connectivity index (χ3v) is 5.25. The monoisotopic (exact) mass is 452 g/mol. The fourth-order valence-electron chi connectivity index (χ4n) is 3.69. The van der Waals surface area contributed by atoms with Gasteiger partial charge in [-0.3, -0.25) is 0 Å². The van der Waals surface area contributed by atoms with E-state index in [9.17, 15) is 13.2 Å². The molecule has 2 fully saturated rings. The van der Waals surface area contributed by atoms with Crippen molar-refractivity contribution < 1.29 is 22.6 Å². The van der Waals surface area contributed by atoms with Crippen LogP contribution in [0.3, 0.4) is 0 Å². The van der Waals surface area contributed by atoms with Crippen molar-refractivity contribution in [2.45, 2.75) is 26.1 Å². The Balaban J connectivity index is 1.80. The highest BCUT2D eigenvalue weighted by Crippen LogP contribution is 2.38. The molecular weight excluding hydrogens is 425 g/mol. The summed E-state index contributed by atoms with van der Waals surface area (Å²) < 4.78 is 52.8. The number of halogens is 3. The summed E-state index contributed by atoms with van der Waals surface area (Å²) in [6.07, 6.45) is -3.32. The van der Waals surface area contributed by atoms with Crippen LogP contribution >= 0.6 is 0 Å². The zero-order chi connectivity index (χ0) is 22.7. The minimum absolute atomic E-state index is 0.0469. The fraction of sp³-hybridized carbons (Fsp3) is 0.571. The van der Waals surface area contributed by atoms with Gasteiger partial charge in [-0.1, -0.05) is 0 Å². The van der Waals surface area contributed by atoms with Crippen molar-refractivity contribution in [1.82, 2.24) is 15.0 Å². The molecule has 2 aromatic rings. The van der Waals surface area contributed by atoms with Gasteiger partial charge >= 0.3 is 6.18 Å². The minimum Gasteiger partial charge on any atom is -0.378 e. The summed E-state index contributed by atoms with van der Waals surface area (Å²) in [6.45, 7) is 8.18. The van der Waals surface area contributed by atoms with E-state index in [0.717, 1.165) is 6.07 Å². The summed E-state index contributed by atoms with van der Waals surface area (Å²) >= 11 is 0. The number of nitrogens with zero attached hydrogens (tertiary/aromatic N) is 5. The Morgan fingerprint density at radius 3 is 2.16 bits per heavy atom. The molecule has 11 heteroatoms. The van der Waals surface area contributed by atoms with Crippen LogP contribution in [0.25, 0.3) is 11.3 Å². The Bertz CT molecular complexity index is 892. The molecule has 0 amide bonds. The summed E-state index contributed by atoms with van der Waals surface area (Å²) in [7, 11) is 0. The van der Waals surface area contributed by atoms with Crippen molar-refractivity contribution in [2.24, 2.45) is 0 Å². The van der Waals surface area contributed by atoms with Gasteiger partial charge in [0.2, 0.25) is 5.95 Å². The Morgan fingerprint density at radius 2 is 1.56 bits per heavy atom. The van der Waals surface area contributed by atoms with Crippen molar-refractivity contribution in [3.05, 3.63) is 23.9 Å². The van der Waals surface area contributed by atoms with E-state index in [0.29, 0.717) is 64.4 Å². The molecule has 2 aliphatic heterocycles. The Kier molecular flexibility index (Phi) is 6.66. The quantitative estimate of drug-likeness (QED) is 0.742. The van der Waals surface area contributed by atoms with Crippen LogP contribution in [0, 0.1) is 0 Å². The van der Waals surface area contributed by atoms with E-state index < -0.39 is 11.7 Å². The molecule has 0 bridgehead atoms. The number of anilines is 3. The third-order valence-electron chi connectivity index (χ3n) is 5.25. The molecule has 0 aromatic carbocycles. The molecule has 4 rings (SSSR count). The molecule has 0 saturated carbocycles. The summed E-state index contributed by atoms with van der Waals surface area (Å²) in [6, 6.07) is 2.60. The van der Waals surface area contributed by atoms with Crippen molar-refractivity contribution >= 4 is 17.6 Å². The van der Waals surface area contributed by atoms with Gasteiger partial charge in [-0.2, -0.15) is 18.2 Å². The number of alkyl halides is 3. The first-order valence-electron chi connectivity index (χ1n) is 10.7. The lowest BCUT2D eigenvalue weighted by atomic mass is 10.1. The average molecular weight is 452 g/mol. The van der Waals surface area contributed by atoms with Crippen LogP contribution < -0.4 is 15.1 Å². The Labute approximate surface area is 184 Å². The maximum Gasteiger partial charge on any atom is 0.417 e. The zero-order valence-electron chi connectivity index (χ0n) is 18.2. The highest BCUT2D eigenvalue weighted by atomic mass is 19.4. The molecule has 0 spiro atoms. The van der Waals surface area contributed by atoms with Gasteiger partial charge in [0.25, 0.3) is 0 Å². The van der Waals surface area contributed by atoms with E-state index >= 15 is 0 Å². The Morgan fingerprint density at radius 1 is 0.938 bits per heavy atom. The number of pyridine rings is 1. The molecule has 174 valence electrons. The SMILES string of the molecule is CC(C)Nc1cc(C(F)(F)F)c(-c2cc(N3CCOCC3)nc(N3CCOCC3)n2)cn1.